The second-order valence-electron chi connectivity index (χ2n) is 5.66. The van der Waals surface area contributed by atoms with Crippen LogP contribution in [0.3, 0.4) is 0 Å². The van der Waals surface area contributed by atoms with E-state index in [4.69, 9.17) is 4.74 Å². The maximum absolute atomic E-state index is 5.64. The Hall–Kier alpha value is -1.65. The molecule has 3 rings (SSSR count). The lowest BCUT2D eigenvalue weighted by Gasteiger charge is -2.11. The van der Waals surface area contributed by atoms with Gasteiger partial charge < -0.3 is 10.1 Å². The predicted octanol–water partition coefficient (Wildman–Crippen LogP) is 2.76. The van der Waals surface area contributed by atoms with Gasteiger partial charge in [0.05, 0.1) is 17.5 Å². The molecule has 21 heavy (non-hydrogen) atoms. The standard InChI is InChI=1S/C17H23N3O/c1-13-17(12-18-11-16-9-6-10-21-16)14(2)20(19-13)15-7-4-3-5-8-15/h3-5,7-8,16,18H,6,9-12H2,1-2H3. The molecule has 4 nitrogen and oxygen atoms in total. The van der Waals surface area contributed by atoms with Crippen molar-refractivity contribution >= 4 is 0 Å². The van der Waals surface area contributed by atoms with Crippen LogP contribution in [0.5, 0.6) is 0 Å². The van der Waals surface area contributed by atoms with Crippen molar-refractivity contribution in [3.05, 3.63) is 47.3 Å². The van der Waals surface area contributed by atoms with Gasteiger partial charge in [-0.05, 0) is 38.8 Å². The molecule has 0 aliphatic carbocycles. The number of nitrogens with one attached hydrogen (secondary N) is 1. The zero-order valence-corrected chi connectivity index (χ0v) is 12.8. The van der Waals surface area contributed by atoms with Crippen LogP contribution in [0.25, 0.3) is 5.69 Å². The summed E-state index contributed by atoms with van der Waals surface area (Å²) in [5.41, 5.74) is 4.70. The van der Waals surface area contributed by atoms with E-state index in [0.717, 1.165) is 31.1 Å². The minimum atomic E-state index is 0.384. The van der Waals surface area contributed by atoms with E-state index >= 15 is 0 Å². The Morgan fingerprint density at radius 2 is 2.10 bits per heavy atom. The third kappa shape index (κ3) is 3.17. The molecule has 2 aromatic rings. The number of aryl methyl sites for hydroxylation is 1. The van der Waals surface area contributed by atoms with Crippen LogP contribution in [0.15, 0.2) is 30.3 Å². The van der Waals surface area contributed by atoms with Crippen molar-refractivity contribution in [3.63, 3.8) is 0 Å². The fourth-order valence-electron chi connectivity index (χ4n) is 2.91. The molecule has 0 amide bonds. The number of para-hydroxylation sites is 1. The van der Waals surface area contributed by atoms with Gasteiger partial charge in [-0.25, -0.2) is 4.68 Å². The van der Waals surface area contributed by atoms with Gasteiger partial charge in [-0.1, -0.05) is 18.2 Å². The first-order chi connectivity index (χ1) is 10.3. The molecule has 1 atom stereocenters. The molecule has 0 spiro atoms. The van der Waals surface area contributed by atoms with Crippen molar-refractivity contribution < 1.29 is 4.74 Å². The Morgan fingerprint density at radius 1 is 1.29 bits per heavy atom. The summed E-state index contributed by atoms with van der Waals surface area (Å²) in [5, 5.41) is 8.19. The minimum absolute atomic E-state index is 0.384. The Balaban J connectivity index is 1.69. The van der Waals surface area contributed by atoms with E-state index in [9.17, 15) is 0 Å². The van der Waals surface area contributed by atoms with Crippen LogP contribution in [0.1, 0.15) is 29.8 Å². The molecule has 0 saturated carbocycles. The van der Waals surface area contributed by atoms with Crippen molar-refractivity contribution in [1.82, 2.24) is 15.1 Å². The van der Waals surface area contributed by atoms with Crippen molar-refractivity contribution in [2.24, 2.45) is 0 Å². The maximum Gasteiger partial charge on any atom is 0.0700 e. The predicted molar refractivity (Wildman–Crippen MR) is 83.7 cm³/mol. The van der Waals surface area contributed by atoms with Crippen molar-refractivity contribution in [3.8, 4) is 5.69 Å². The van der Waals surface area contributed by atoms with E-state index in [0.29, 0.717) is 6.10 Å². The number of benzene rings is 1. The molecule has 1 N–H and O–H groups in total. The first-order valence-corrected chi connectivity index (χ1v) is 7.68. The number of nitrogens with zero attached hydrogens (tertiary/aromatic N) is 2. The average Bonchev–Trinajstić information content (AvgIpc) is 3.11. The zero-order chi connectivity index (χ0) is 14.7. The van der Waals surface area contributed by atoms with Gasteiger partial charge in [0.2, 0.25) is 0 Å². The Morgan fingerprint density at radius 3 is 2.81 bits per heavy atom. The second-order valence-corrected chi connectivity index (χ2v) is 5.66. The monoisotopic (exact) mass is 285 g/mol. The SMILES string of the molecule is Cc1nn(-c2ccccc2)c(C)c1CNCC1CCCO1. The lowest BCUT2D eigenvalue weighted by molar-refractivity contribution is 0.110. The second kappa shape index (κ2) is 6.41. The summed E-state index contributed by atoms with van der Waals surface area (Å²) in [4.78, 5) is 0. The minimum Gasteiger partial charge on any atom is -0.377 e. The summed E-state index contributed by atoms with van der Waals surface area (Å²) in [5.74, 6) is 0. The highest BCUT2D eigenvalue weighted by Gasteiger charge is 2.16. The fraction of sp³-hybridized carbons (Fsp3) is 0.471. The molecule has 1 aromatic heterocycles. The Bertz CT molecular complexity index is 586. The first kappa shape index (κ1) is 14.3. The number of ether oxygens (including phenoxy) is 1. The van der Waals surface area contributed by atoms with Crippen molar-refractivity contribution in [2.45, 2.75) is 39.3 Å². The van der Waals surface area contributed by atoms with E-state index in [1.165, 1.54) is 24.1 Å². The average molecular weight is 285 g/mol. The summed E-state index contributed by atoms with van der Waals surface area (Å²) in [6.45, 7) is 6.90. The highest BCUT2D eigenvalue weighted by Crippen LogP contribution is 2.18. The van der Waals surface area contributed by atoms with E-state index < -0.39 is 0 Å². The highest BCUT2D eigenvalue weighted by atomic mass is 16.5. The molecule has 0 bridgehead atoms. The third-order valence-electron chi connectivity index (χ3n) is 4.14. The molecule has 0 radical (unpaired) electrons. The van der Waals surface area contributed by atoms with Crippen LogP contribution in [0.2, 0.25) is 0 Å². The largest absolute Gasteiger partial charge is 0.377 e. The number of aromatic nitrogens is 2. The fourth-order valence-corrected chi connectivity index (χ4v) is 2.91. The molecule has 1 aliphatic heterocycles. The summed E-state index contributed by atoms with van der Waals surface area (Å²) in [6.07, 6.45) is 2.75. The molecule has 1 unspecified atom stereocenters. The van der Waals surface area contributed by atoms with Gasteiger partial charge >= 0.3 is 0 Å². The third-order valence-corrected chi connectivity index (χ3v) is 4.14. The van der Waals surface area contributed by atoms with Crippen molar-refractivity contribution in [2.75, 3.05) is 13.2 Å². The van der Waals surface area contributed by atoms with Gasteiger partial charge in [0.15, 0.2) is 0 Å². The quantitative estimate of drug-likeness (QED) is 0.918. The zero-order valence-electron chi connectivity index (χ0n) is 12.8. The van der Waals surface area contributed by atoms with Crippen LogP contribution in [-0.2, 0) is 11.3 Å². The van der Waals surface area contributed by atoms with Gasteiger partial charge in [0.1, 0.15) is 0 Å². The van der Waals surface area contributed by atoms with E-state index in [-0.39, 0.29) is 0 Å². The topological polar surface area (TPSA) is 39.1 Å². The van der Waals surface area contributed by atoms with Crippen LogP contribution in [-0.4, -0.2) is 29.0 Å². The molecule has 112 valence electrons. The highest BCUT2D eigenvalue weighted by molar-refractivity contribution is 5.36. The summed E-state index contributed by atoms with van der Waals surface area (Å²) >= 11 is 0. The van der Waals surface area contributed by atoms with Crippen molar-refractivity contribution in [1.29, 1.82) is 0 Å². The van der Waals surface area contributed by atoms with E-state index in [2.05, 4.69) is 36.4 Å². The van der Waals surface area contributed by atoms with Gasteiger partial charge in [-0.2, -0.15) is 5.10 Å². The molecular formula is C17H23N3O. The van der Waals surface area contributed by atoms with Crippen LogP contribution >= 0.6 is 0 Å². The lowest BCUT2D eigenvalue weighted by atomic mass is 10.2. The van der Waals surface area contributed by atoms with E-state index in [1.807, 2.05) is 22.9 Å². The number of rotatable bonds is 5. The summed E-state index contributed by atoms with van der Waals surface area (Å²) in [6, 6.07) is 10.3. The van der Waals surface area contributed by atoms with Gasteiger partial charge in [0.25, 0.3) is 0 Å². The summed E-state index contributed by atoms with van der Waals surface area (Å²) in [7, 11) is 0. The number of hydrogen-bond donors (Lipinski definition) is 1. The van der Waals surface area contributed by atoms with Crippen LogP contribution in [0, 0.1) is 13.8 Å². The Kier molecular flexibility index (Phi) is 4.36. The smallest absolute Gasteiger partial charge is 0.0700 e. The normalized spacial score (nSPS) is 18.3. The number of hydrogen-bond acceptors (Lipinski definition) is 3. The van der Waals surface area contributed by atoms with Crippen LogP contribution < -0.4 is 5.32 Å². The molecule has 1 saturated heterocycles. The lowest BCUT2D eigenvalue weighted by Crippen LogP contribution is -2.26. The molecule has 2 heterocycles. The summed E-state index contributed by atoms with van der Waals surface area (Å²) < 4.78 is 7.67. The molecule has 1 fully saturated rings. The van der Waals surface area contributed by atoms with Gasteiger partial charge in [0, 0.05) is 31.0 Å². The van der Waals surface area contributed by atoms with Gasteiger partial charge in [-0.3, -0.25) is 0 Å². The first-order valence-electron chi connectivity index (χ1n) is 7.68. The van der Waals surface area contributed by atoms with Crippen LogP contribution in [0.4, 0.5) is 0 Å². The molecule has 1 aliphatic rings. The Labute approximate surface area is 126 Å². The molecular weight excluding hydrogens is 262 g/mol. The molecule has 4 heteroatoms. The van der Waals surface area contributed by atoms with E-state index in [1.54, 1.807) is 0 Å². The van der Waals surface area contributed by atoms with Gasteiger partial charge in [-0.15, -0.1) is 0 Å². The molecule has 1 aromatic carbocycles. The maximum atomic E-state index is 5.64.